The molecular formula is C15H27N3O. The fourth-order valence-corrected chi connectivity index (χ4v) is 2.96. The third-order valence-electron chi connectivity index (χ3n) is 4.22. The molecule has 0 aromatic carbocycles. The Kier molecular flexibility index (Phi) is 4.99. The summed E-state index contributed by atoms with van der Waals surface area (Å²) >= 11 is 0. The van der Waals surface area contributed by atoms with Gasteiger partial charge in [0.2, 0.25) is 5.89 Å². The van der Waals surface area contributed by atoms with E-state index in [1.165, 1.54) is 25.9 Å². The summed E-state index contributed by atoms with van der Waals surface area (Å²) in [4.78, 5) is 6.85. The van der Waals surface area contributed by atoms with Crippen molar-refractivity contribution in [3.63, 3.8) is 0 Å². The predicted octanol–water partition coefficient (Wildman–Crippen LogP) is 2.75. The quantitative estimate of drug-likeness (QED) is 0.889. The average molecular weight is 265 g/mol. The van der Waals surface area contributed by atoms with Gasteiger partial charge in [0, 0.05) is 12.6 Å². The van der Waals surface area contributed by atoms with Gasteiger partial charge in [0.1, 0.15) is 5.76 Å². The fourth-order valence-electron chi connectivity index (χ4n) is 2.96. The first-order valence-electron chi connectivity index (χ1n) is 7.51. The Morgan fingerprint density at radius 3 is 2.95 bits per heavy atom. The monoisotopic (exact) mass is 265 g/mol. The van der Waals surface area contributed by atoms with Crippen molar-refractivity contribution in [2.45, 2.75) is 52.6 Å². The molecule has 0 saturated carbocycles. The van der Waals surface area contributed by atoms with Gasteiger partial charge in [0.25, 0.3) is 0 Å². The summed E-state index contributed by atoms with van der Waals surface area (Å²) in [6.45, 7) is 12.2. The van der Waals surface area contributed by atoms with Crippen LogP contribution in [-0.4, -0.2) is 35.6 Å². The highest BCUT2D eigenvalue weighted by molar-refractivity contribution is 4.96. The Balaban J connectivity index is 1.87. The summed E-state index contributed by atoms with van der Waals surface area (Å²) in [6.07, 6.45) is 4.43. The van der Waals surface area contributed by atoms with Crippen molar-refractivity contribution in [3.05, 3.63) is 17.8 Å². The number of aryl methyl sites for hydroxylation is 1. The molecule has 2 heterocycles. The zero-order valence-corrected chi connectivity index (χ0v) is 12.6. The first-order chi connectivity index (χ1) is 9.10. The van der Waals surface area contributed by atoms with E-state index in [-0.39, 0.29) is 6.04 Å². The molecule has 0 aliphatic carbocycles. The minimum absolute atomic E-state index is 0.181. The van der Waals surface area contributed by atoms with Gasteiger partial charge in [-0.2, -0.15) is 0 Å². The van der Waals surface area contributed by atoms with Crippen LogP contribution in [0.15, 0.2) is 10.6 Å². The van der Waals surface area contributed by atoms with Crippen LogP contribution in [0.25, 0.3) is 0 Å². The van der Waals surface area contributed by atoms with Crippen LogP contribution in [0.4, 0.5) is 0 Å². The SMILES string of the molecule is CCN1CCCC(C(C)NC(C)c2ncc(C)o2)C1. The molecule has 4 heteroatoms. The molecule has 0 spiro atoms. The molecule has 1 aliphatic rings. The van der Waals surface area contributed by atoms with Gasteiger partial charge < -0.3 is 14.6 Å². The summed E-state index contributed by atoms with van der Waals surface area (Å²) in [6, 6.07) is 0.678. The van der Waals surface area contributed by atoms with Gasteiger partial charge in [0.05, 0.1) is 12.2 Å². The molecule has 1 N–H and O–H groups in total. The lowest BCUT2D eigenvalue weighted by Crippen LogP contribution is -2.45. The van der Waals surface area contributed by atoms with Crippen molar-refractivity contribution in [1.82, 2.24) is 15.2 Å². The smallest absolute Gasteiger partial charge is 0.211 e. The van der Waals surface area contributed by atoms with Crippen molar-refractivity contribution in [3.8, 4) is 0 Å². The van der Waals surface area contributed by atoms with Gasteiger partial charge in [-0.25, -0.2) is 4.98 Å². The molecule has 4 nitrogen and oxygen atoms in total. The van der Waals surface area contributed by atoms with Crippen LogP contribution in [-0.2, 0) is 0 Å². The zero-order chi connectivity index (χ0) is 13.8. The number of piperidine rings is 1. The van der Waals surface area contributed by atoms with Gasteiger partial charge in [0.15, 0.2) is 0 Å². The van der Waals surface area contributed by atoms with Gasteiger partial charge in [-0.1, -0.05) is 6.92 Å². The molecule has 1 saturated heterocycles. The van der Waals surface area contributed by atoms with E-state index in [9.17, 15) is 0 Å². The summed E-state index contributed by atoms with van der Waals surface area (Å²) in [5.41, 5.74) is 0. The van der Waals surface area contributed by atoms with Crippen LogP contribution in [0.1, 0.15) is 51.3 Å². The lowest BCUT2D eigenvalue weighted by molar-refractivity contribution is 0.151. The van der Waals surface area contributed by atoms with Crippen molar-refractivity contribution in [2.75, 3.05) is 19.6 Å². The second kappa shape index (κ2) is 6.53. The molecule has 108 valence electrons. The molecule has 1 aliphatic heterocycles. The first kappa shape index (κ1) is 14.5. The van der Waals surface area contributed by atoms with Gasteiger partial charge in [-0.15, -0.1) is 0 Å². The number of likely N-dealkylation sites (tertiary alicyclic amines) is 1. The van der Waals surface area contributed by atoms with Gasteiger partial charge in [-0.3, -0.25) is 0 Å². The third kappa shape index (κ3) is 3.80. The molecule has 1 fully saturated rings. The van der Waals surface area contributed by atoms with E-state index in [1.54, 1.807) is 6.20 Å². The van der Waals surface area contributed by atoms with Crippen molar-refractivity contribution < 1.29 is 4.42 Å². The molecule has 0 radical (unpaired) electrons. The van der Waals surface area contributed by atoms with Crippen LogP contribution >= 0.6 is 0 Å². The molecule has 3 unspecified atom stereocenters. The minimum atomic E-state index is 0.181. The van der Waals surface area contributed by atoms with Crippen molar-refractivity contribution in [2.24, 2.45) is 5.92 Å². The number of aromatic nitrogens is 1. The van der Waals surface area contributed by atoms with E-state index in [0.717, 1.165) is 24.1 Å². The molecule has 1 aromatic rings. The van der Waals surface area contributed by atoms with E-state index in [0.29, 0.717) is 6.04 Å². The Bertz CT molecular complexity index is 390. The normalized spacial score (nSPS) is 24.3. The largest absolute Gasteiger partial charge is 0.444 e. The lowest BCUT2D eigenvalue weighted by Gasteiger charge is -2.36. The zero-order valence-electron chi connectivity index (χ0n) is 12.6. The highest BCUT2D eigenvalue weighted by Gasteiger charge is 2.25. The number of rotatable bonds is 5. The molecule has 19 heavy (non-hydrogen) atoms. The molecule has 2 rings (SSSR count). The Hall–Kier alpha value is -0.870. The number of oxazole rings is 1. The number of nitrogens with zero attached hydrogens (tertiary/aromatic N) is 2. The second-order valence-electron chi connectivity index (χ2n) is 5.78. The third-order valence-corrected chi connectivity index (χ3v) is 4.22. The highest BCUT2D eigenvalue weighted by atomic mass is 16.4. The van der Waals surface area contributed by atoms with E-state index in [1.807, 2.05) is 6.92 Å². The van der Waals surface area contributed by atoms with Crippen LogP contribution in [0.3, 0.4) is 0 Å². The van der Waals surface area contributed by atoms with E-state index in [2.05, 4.69) is 36.0 Å². The molecule has 1 aromatic heterocycles. The maximum atomic E-state index is 5.59. The Labute approximate surface area is 116 Å². The topological polar surface area (TPSA) is 41.3 Å². The van der Waals surface area contributed by atoms with Crippen LogP contribution in [0.5, 0.6) is 0 Å². The Morgan fingerprint density at radius 2 is 2.32 bits per heavy atom. The summed E-state index contributed by atoms with van der Waals surface area (Å²) in [5.74, 6) is 2.41. The van der Waals surface area contributed by atoms with Crippen LogP contribution < -0.4 is 5.32 Å². The van der Waals surface area contributed by atoms with E-state index >= 15 is 0 Å². The van der Waals surface area contributed by atoms with Crippen molar-refractivity contribution >= 4 is 0 Å². The molecule has 0 amide bonds. The maximum absolute atomic E-state index is 5.59. The van der Waals surface area contributed by atoms with Crippen molar-refractivity contribution in [1.29, 1.82) is 0 Å². The standard InChI is InChI=1S/C15H27N3O/c1-5-18-8-6-7-14(10-18)12(3)17-13(4)15-16-9-11(2)19-15/h9,12-14,17H,5-8,10H2,1-4H3. The van der Waals surface area contributed by atoms with E-state index in [4.69, 9.17) is 4.42 Å². The average Bonchev–Trinajstić information content (AvgIpc) is 2.85. The lowest BCUT2D eigenvalue weighted by atomic mass is 9.91. The van der Waals surface area contributed by atoms with E-state index < -0.39 is 0 Å². The predicted molar refractivity (Wildman–Crippen MR) is 77.1 cm³/mol. The maximum Gasteiger partial charge on any atom is 0.211 e. The summed E-state index contributed by atoms with van der Waals surface area (Å²) in [7, 11) is 0. The van der Waals surface area contributed by atoms with Crippen LogP contribution in [0.2, 0.25) is 0 Å². The highest BCUT2D eigenvalue weighted by Crippen LogP contribution is 2.22. The minimum Gasteiger partial charge on any atom is -0.444 e. The number of hydrogen-bond donors (Lipinski definition) is 1. The second-order valence-corrected chi connectivity index (χ2v) is 5.78. The summed E-state index contributed by atoms with van der Waals surface area (Å²) in [5, 5.41) is 3.64. The Morgan fingerprint density at radius 1 is 1.53 bits per heavy atom. The number of nitrogens with one attached hydrogen (secondary N) is 1. The summed E-state index contributed by atoms with van der Waals surface area (Å²) < 4.78 is 5.59. The fraction of sp³-hybridized carbons (Fsp3) is 0.800. The molecular weight excluding hydrogens is 238 g/mol. The van der Waals surface area contributed by atoms with Crippen LogP contribution in [0, 0.1) is 12.8 Å². The van der Waals surface area contributed by atoms with Gasteiger partial charge >= 0.3 is 0 Å². The molecule has 0 bridgehead atoms. The first-order valence-corrected chi connectivity index (χ1v) is 7.51. The van der Waals surface area contributed by atoms with Gasteiger partial charge in [-0.05, 0) is 52.6 Å². The number of hydrogen-bond acceptors (Lipinski definition) is 4. The molecule has 3 atom stereocenters.